The lowest BCUT2D eigenvalue weighted by atomic mass is 9.78. The molecule has 2 aromatic rings. The zero-order chi connectivity index (χ0) is 17.7. The fourth-order valence-electron chi connectivity index (χ4n) is 3.97. The Morgan fingerprint density at radius 3 is 2.12 bits per heavy atom. The van der Waals surface area contributed by atoms with E-state index < -0.39 is 0 Å². The Hall–Kier alpha value is -3.21. The largest absolute Gasteiger partial charge is 0.287 e. The third kappa shape index (κ3) is 2.20. The van der Waals surface area contributed by atoms with Gasteiger partial charge in [0, 0.05) is 18.3 Å². The van der Waals surface area contributed by atoms with Crippen molar-refractivity contribution in [3.8, 4) is 0 Å². The molecular formula is C21H17N3O2. The van der Waals surface area contributed by atoms with Crippen molar-refractivity contribution in [1.82, 2.24) is 0 Å². The van der Waals surface area contributed by atoms with Gasteiger partial charge in [-0.25, -0.2) is 5.01 Å². The van der Waals surface area contributed by atoms with Crippen LogP contribution in [0.5, 0.6) is 0 Å². The van der Waals surface area contributed by atoms with E-state index in [9.17, 15) is 9.59 Å². The molecule has 0 saturated heterocycles. The molecule has 0 bridgehead atoms. The smallest absolute Gasteiger partial charge is 0.256 e. The van der Waals surface area contributed by atoms with E-state index in [1.54, 1.807) is 4.90 Å². The first-order valence-electron chi connectivity index (χ1n) is 8.77. The van der Waals surface area contributed by atoms with E-state index in [0.29, 0.717) is 12.8 Å². The minimum absolute atomic E-state index is 0.00356. The van der Waals surface area contributed by atoms with Crippen LogP contribution >= 0.6 is 0 Å². The quantitative estimate of drug-likeness (QED) is 0.840. The van der Waals surface area contributed by atoms with Crippen molar-refractivity contribution < 1.29 is 9.59 Å². The van der Waals surface area contributed by atoms with E-state index in [2.05, 4.69) is 5.10 Å². The molecule has 0 radical (unpaired) electrons. The van der Waals surface area contributed by atoms with E-state index in [-0.39, 0.29) is 23.7 Å². The second kappa shape index (κ2) is 5.66. The number of hydrazone groups is 1. The van der Waals surface area contributed by atoms with Crippen molar-refractivity contribution in [3.05, 3.63) is 72.4 Å². The van der Waals surface area contributed by atoms with E-state index in [1.165, 1.54) is 5.01 Å². The van der Waals surface area contributed by atoms with Crippen LogP contribution in [0.3, 0.4) is 0 Å². The number of nitrogens with zero attached hydrogens (tertiary/aromatic N) is 3. The number of carbonyl (C=O) groups excluding carboxylic acids is 2. The highest BCUT2D eigenvalue weighted by Crippen LogP contribution is 2.42. The first kappa shape index (κ1) is 15.1. The molecule has 2 aliphatic heterocycles. The van der Waals surface area contributed by atoms with Crippen LogP contribution in [0.4, 0.5) is 11.4 Å². The van der Waals surface area contributed by atoms with Gasteiger partial charge >= 0.3 is 0 Å². The molecular weight excluding hydrogens is 326 g/mol. The fourth-order valence-corrected chi connectivity index (χ4v) is 3.97. The van der Waals surface area contributed by atoms with E-state index in [4.69, 9.17) is 0 Å². The molecule has 1 fully saturated rings. The summed E-state index contributed by atoms with van der Waals surface area (Å²) in [6, 6.07) is 19.1. The zero-order valence-corrected chi connectivity index (χ0v) is 14.1. The van der Waals surface area contributed by atoms with Crippen molar-refractivity contribution in [2.75, 3.05) is 9.91 Å². The lowest BCUT2D eigenvalue weighted by Gasteiger charge is -2.23. The number of anilines is 2. The fraction of sp³-hybridized carbons (Fsp3) is 0.190. The number of amides is 2. The molecule has 2 atom stereocenters. The summed E-state index contributed by atoms with van der Waals surface area (Å²) >= 11 is 0. The predicted molar refractivity (Wildman–Crippen MR) is 99.6 cm³/mol. The summed E-state index contributed by atoms with van der Waals surface area (Å²) < 4.78 is 0. The Labute approximate surface area is 151 Å². The van der Waals surface area contributed by atoms with Gasteiger partial charge in [0.25, 0.3) is 5.91 Å². The molecule has 128 valence electrons. The molecule has 26 heavy (non-hydrogen) atoms. The lowest BCUT2D eigenvalue weighted by Crippen LogP contribution is -2.34. The van der Waals surface area contributed by atoms with Crippen LogP contribution in [-0.4, -0.2) is 17.5 Å². The highest BCUT2D eigenvalue weighted by atomic mass is 16.2. The summed E-state index contributed by atoms with van der Waals surface area (Å²) in [4.78, 5) is 27.4. The number of rotatable bonds is 2. The summed E-state index contributed by atoms with van der Waals surface area (Å²) in [6.07, 6.45) is 3.01. The van der Waals surface area contributed by atoms with Crippen LogP contribution in [0.25, 0.3) is 0 Å². The number of benzene rings is 2. The summed E-state index contributed by atoms with van der Waals surface area (Å²) in [5, 5.41) is 6.04. The van der Waals surface area contributed by atoms with Gasteiger partial charge in [-0.05, 0) is 36.3 Å². The molecule has 5 heteroatoms. The maximum atomic E-state index is 12.9. The maximum Gasteiger partial charge on any atom is 0.256 e. The first-order valence-corrected chi connectivity index (χ1v) is 8.77. The van der Waals surface area contributed by atoms with Crippen LogP contribution in [0.15, 0.2) is 77.5 Å². The van der Waals surface area contributed by atoms with Gasteiger partial charge in [0.1, 0.15) is 0 Å². The molecule has 1 aliphatic carbocycles. The van der Waals surface area contributed by atoms with Crippen LogP contribution in [0.1, 0.15) is 12.8 Å². The SMILES string of the molecule is O=C1[C@@H]2CC3=NN(c4ccccc4)C(=O)[C@H]3CC2=CN1c1ccccc1. The average molecular weight is 343 g/mol. The average Bonchev–Trinajstić information content (AvgIpc) is 3.19. The van der Waals surface area contributed by atoms with Gasteiger partial charge in [0.2, 0.25) is 5.91 Å². The van der Waals surface area contributed by atoms with Crippen LogP contribution in [0, 0.1) is 11.8 Å². The zero-order valence-electron chi connectivity index (χ0n) is 14.1. The van der Waals surface area contributed by atoms with Crippen molar-refractivity contribution >= 4 is 28.9 Å². The minimum Gasteiger partial charge on any atom is -0.287 e. The number of carbonyl (C=O) groups is 2. The maximum absolute atomic E-state index is 12.9. The van der Waals surface area contributed by atoms with Gasteiger partial charge in [0.15, 0.2) is 0 Å². The minimum atomic E-state index is -0.249. The lowest BCUT2D eigenvalue weighted by molar-refractivity contribution is -0.121. The Morgan fingerprint density at radius 1 is 0.769 bits per heavy atom. The molecule has 2 heterocycles. The van der Waals surface area contributed by atoms with E-state index >= 15 is 0 Å². The third-order valence-corrected chi connectivity index (χ3v) is 5.30. The second-order valence-electron chi connectivity index (χ2n) is 6.84. The molecule has 5 nitrogen and oxygen atoms in total. The molecule has 1 saturated carbocycles. The predicted octanol–water partition coefficient (Wildman–Crippen LogP) is 3.35. The van der Waals surface area contributed by atoms with E-state index in [0.717, 1.165) is 22.7 Å². The normalized spacial score (nSPS) is 24.3. The number of para-hydroxylation sites is 2. The number of fused-ring (bicyclic) bond motifs is 2. The molecule has 2 aromatic carbocycles. The summed E-state index contributed by atoms with van der Waals surface area (Å²) in [6.45, 7) is 0. The monoisotopic (exact) mass is 343 g/mol. The van der Waals surface area contributed by atoms with Gasteiger partial charge in [0.05, 0.1) is 23.2 Å². The van der Waals surface area contributed by atoms with E-state index in [1.807, 2.05) is 66.9 Å². The topological polar surface area (TPSA) is 53.0 Å². The molecule has 0 unspecified atom stereocenters. The van der Waals surface area contributed by atoms with Crippen molar-refractivity contribution in [2.45, 2.75) is 12.8 Å². The van der Waals surface area contributed by atoms with Crippen molar-refractivity contribution in [3.63, 3.8) is 0 Å². The summed E-state index contributed by atoms with van der Waals surface area (Å²) in [5.41, 5.74) is 3.50. The van der Waals surface area contributed by atoms with Crippen LogP contribution in [0.2, 0.25) is 0 Å². The van der Waals surface area contributed by atoms with Crippen molar-refractivity contribution in [1.29, 1.82) is 0 Å². The van der Waals surface area contributed by atoms with Gasteiger partial charge in [-0.3, -0.25) is 14.5 Å². The Balaban J connectivity index is 1.44. The Kier molecular flexibility index (Phi) is 3.28. The van der Waals surface area contributed by atoms with Gasteiger partial charge in [-0.2, -0.15) is 5.10 Å². The van der Waals surface area contributed by atoms with Crippen LogP contribution in [-0.2, 0) is 9.59 Å². The van der Waals surface area contributed by atoms with Crippen LogP contribution < -0.4 is 9.91 Å². The second-order valence-corrected chi connectivity index (χ2v) is 6.84. The molecule has 3 aliphatic rings. The molecule has 0 aromatic heterocycles. The van der Waals surface area contributed by atoms with Gasteiger partial charge in [-0.1, -0.05) is 36.4 Å². The molecule has 2 amide bonds. The summed E-state index contributed by atoms with van der Waals surface area (Å²) in [5.74, 6) is -0.385. The first-order chi connectivity index (χ1) is 12.7. The van der Waals surface area contributed by atoms with Crippen molar-refractivity contribution in [2.24, 2.45) is 16.9 Å². The standard InChI is InChI=1S/C21H17N3O2/c25-20-17-12-19-18(21(26)24(22-19)16-9-5-2-6-10-16)11-14(17)13-23(20)15-7-3-1-4-8-15/h1-10,13,17-18H,11-12H2/t17-,18+/m1/s1. The number of hydrogen-bond donors (Lipinski definition) is 0. The summed E-state index contributed by atoms with van der Waals surface area (Å²) in [7, 11) is 0. The molecule has 0 spiro atoms. The highest BCUT2D eigenvalue weighted by molar-refractivity contribution is 6.18. The third-order valence-electron chi connectivity index (χ3n) is 5.30. The molecule has 5 rings (SSSR count). The Morgan fingerprint density at radius 2 is 1.42 bits per heavy atom. The Bertz CT molecular complexity index is 870. The van der Waals surface area contributed by atoms with Gasteiger partial charge < -0.3 is 0 Å². The number of hydrogen-bond acceptors (Lipinski definition) is 3. The molecule has 0 N–H and O–H groups in total. The van der Waals surface area contributed by atoms with Gasteiger partial charge in [-0.15, -0.1) is 0 Å². The highest BCUT2D eigenvalue weighted by Gasteiger charge is 2.47.